The first-order chi connectivity index (χ1) is 8.20. The van der Waals surface area contributed by atoms with E-state index in [1.165, 1.54) is 0 Å². The lowest BCUT2D eigenvalue weighted by Gasteiger charge is -2.31. The van der Waals surface area contributed by atoms with Gasteiger partial charge in [-0.15, -0.1) is 0 Å². The minimum atomic E-state index is 0.316. The Morgan fingerprint density at radius 2 is 2.24 bits per heavy atom. The van der Waals surface area contributed by atoms with Crippen LogP contribution in [0.1, 0.15) is 18.9 Å². The quantitative estimate of drug-likeness (QED) is 0.649. The van der Waals surface area contributed by atoms with E-state index in [4.69, 9.17) is 16.8 Å². The Hall–Kier alpha value is -1.06. The SMILES string of the molecule is CC1CN(Cc2ccccc2Cl)CC/C1=N\O. The van der Waals surface area contributed by atoms with E-state index in [9.17, 15) is 0 Å². The third kappa shape index (κ3) is 2.99. The van der Waals surface area contributed by atoms with E-state index in [1.807, 2.05) is 18.2 Å². The van der Waals surface area contributed by atoms with Crippen LogP contribution in [0.3, 0.4) is 0 Å². The Balaban J connectivity index is 2.00. The fraction of sp³-hybridized carbons (Fsp3) is 0.462. The van der Waals surface area contributed by atoms with Crippen molar-refractivity contribution in [3.05, 3.63) is 34.9 Å². The molecule has 92 valence electrons. The van der Waals surface area contributed by atoms with Crippen LogP contribution < -0.4 is 0 Å². The van der Waals surface area contributed by atoms with Crippen LogP contribution in [0.4, 0.5) is 0 Å². The lowest BCUT2D eigenvalue weighted by atomic mass is 9.97. The molecule has 4 heteroatoms. The number of likely N-dealkylation sites (tertiary alicyclic amines) is 1. The first-order valence-corrected chi connectivity index (χ1v) is 6.25. The molecule has 1 N–H and O–H groups in total. The average molecular weight is 253 g/mol. The molecule has 1 fully saturated rings. The summed E-state index contributed by atoms with van der Waals surface area (Å²) in [6, 6.07) is 7.93. The highest BCUT2D eigenvalue weighted by atomic mass is 35.5. The molecule has 0 spiro atoms. The standard InChI is InChI=1S/C13H17ClN2O/c1-10-8-16(7-6-13(10)15-17)9-11-4-2-3-5-12(11)14/h2-5,10,17H,6-9H2,1H3/b15-13+. The molecule has 0 aromatic heterocycles. The monoisotopic (exact) mass is 252 g/mol. The fourth-order valence-corrected chi connectivity index (χ4v) is 2.46. The Morgan fingerprint density at radius 1 is 1.47 bits per heavy atom. The topological polar surface area (TPSA) is 35.8 Å². The summed E-state index contributed by atoms with van der Waals surface area (Å²) in [5.74, 6) is 0.316. The number of halogens is 1. The molecule has 1 atom stereocenters. The van der Waals surface area contributed by atoms with Gasteiger partial charge in [0.05, 0.1) is 5.71 Å². The van der Waals surface area contributed by atoms with Crippen molar-refractivity contribution < 1.29 is 5.21 Å². The van der Waals surface area contributed by atoms with Gasteiger partial charge in [0.1, 0.15) is 0 Å². The molecule has 0 amide bonds. The van der Waals surface area contributed by atoms with E-state index >= 15 is 0 Å². The second kappa shape index (κ2) is 5.52. The van der Waals surface area contributed by atoms with Crippen LogP contribution in [0, 0.1) is 5.92 Å². The molecule has 1 aliphatic heterocycles. The number of piperidine rings is 1. The van der Waals surface area contributed by atoms with E-state index in [-0.39, 0.29) is 0 Å². The van der Waals surface area contributed by atoms with Gasteiger partial charge in [-0.25, -0.2) is 0 Å². The summed E-state index contributed by atoms with van der Waals surface area (Å²) in [7, 11) is 0. The molecule has 1 unspecified atom stereocenters. The predicted molar refractivity (Wildman–Crippen MR) is 69.7 cm³/mol. The van der Waals surface area contributed by atoms with Crippen molar-refractivity contribution in [1.82, 2.24) is 4.90 Å². The number of hydrogen-bond donors (Lipinski definition) is 1. The Bertz CT molecular complexity index is 420. The zero-order valence-electron chi connectivity index (χ0n) is 9.93. The summed E-state index contributed by atoms with van der Waals surface area (Å²) in [5, 5.41) is 13.0. The Labute approximate surface area is 107 Å². The lowest BCUT2D eigenvalue weighted by Crippen LogP contribution is -2.39. The third-order valence-electron chi connectivity index (χ3n) is 3.27. The second-order valence-corrected chi connectivity index (χ2v) is 4.98. The van der Waals surface area contributed by atoms with Crippen LogP contribution in [-0.4, -0.2) is 28.9 Å². The Kier molecular flexibility index (Phi) is 4.02. The highest BCUT2D eigenvalue weighted by Gasteiger charge is 2.22. The number of oxime groups is 1. The first-order valence-electron chi connectivity index (χ1n) is 5.87. The van der Waals surface area contributed by atoms with Crippen LogP contribution in [0.5, 0.6) is 0 Å². The molecule has 17 heavy (non-hydrogen) atoms. The van der Waals surface area contributed by atoms with Gasteiger partial charge in [-0.1, -0.05) is 41.9 Å². The number of nitrogens with zero attached hydrogens (tertiary/aromatic N) is 2. The molecular formula is C13H17ClN2O. The predicted octanol–water partition coefficient (Wildman–Crippen LogP) is 3.01. The molecule has 0 bridgehead atoms. The van der Waals surface area contributed by atoms with Crippen molar-refractivity contribution >= 4 is 17.3 Å². The highest BCUT2D eigenvalue weighted by molar-refractivity contribution is 6.31. The van der Waals surface area contributed by atoms with E-state index in [0.717, 1.165) is 42.4 Å². The number of rotatable bonds is 2. The molecule has 0 aliphatic carbocycles. The average Bonchev–Trinajstić information content (AvgIpc) is 2.32. The van der Waals surface area contributed by atoms with Crippen molar-refractivity contribution in [2.24, 2.45) is 11.1 Å². The van der Waals surface area contributed by atoms with Crippen molar-refractivity contribution in [2.75, 3.05) is 13.1 Å². The maximum Gasteiger partial charge on any atom is 0.0624 e. The smallest absolute Gasteiger partial charge is 0.0624 e. The number of benzene rings is 1. The summed E-state index contributed by atoms with van der Waals surface area (Å²) < 4.78 is 0. The van der Waals surface area contributed by atoms with Crippen LogP contribution in [0.25, 0.3) is 0 Å². The lowest BCUT2D eigenvalue weighted by molar-refractivity contribution is 0.228. The van der Waals surface area contributed by atoms with Crippen molar-refractivity contribution in [1.29, 1.82) is 0 Å². The third-order valence-corrected chi connectivity index (χ3v) is 3.63. The molecule has 1 aromatic rings. The van der Waals surface area contributed by atoms with Crippen LogP contribution in [0.15, 0.2) is 29.4 Å². The minimum Gasteiger partial charge on any atom is -0.411 e. The molecule has 0 saturated carbocycles. The van der Waals surface area contributed by atoms with Crippen molar-refractivity contribution in [2.45, 2.75) is 19.9 Å². The summed E-state index contributed by atoms with van der Waals surface area (Å²) in [6.07, 6.45) is 0.835. The summed E-state index contributed by atoms with van der Waals surface area (Å²) in [6.45, 7) is 4.80. The van der Waals surface area contributed by atoms with Gasteiger partial charge in [0.25, 0.3) is 0 Å². The van der Waals surface area contributed by atoms with Gasteiger partial charge in [-0.3, -0.25) is 4.90 Å². The Morgan fingerprint density at radius 3 is 2.88 bits per heavy atom. The summed E-state index contributed by atoms with van der Waals surface area (Å²) in [4.78, 5) is 2.35. The maximum atomic E-state index is 8.83. The summed E-state index contributed by atoms with van der Waals surface area (Å²) in [5.41, 5.74) is 2.06. The van der Waals surface area contributed by atoms with Gasteiger partial charge in [0.2, 0.25) is 0 Å². The van der Waals surface area contributed by atoms with Crippen molar-refractivity contribution in [3.8, 4) is 0 Å². The molecule has 1 saturated heterocycles. The van der Waals surface area contributed by atoms with E-state index in [2.05, 4.69) is 23.0 Å². The van der Waals surface area contributed by atoms with Gasteiger partial charge in [0, 0.05) is 37.0 Å². The molecule has 2 rings (SSSR count). The van der Waals surface area contributed by atoms with Gasteiger partial charge in [-0.2, -0.15) is 0 Å². The molecular weight excluding hydrogens is 236 g/mol. The zero-order valence-corrected chi connectivity index (χ0v) is 10.7. The van der Waals surface area contributed by atoms with Crippen LogP contribution in [0.2, 0.25) is 5.02 Å². The molecule has 0 radical (unpaired) electrons. The van der Waals surface area contributed by atoms with E-state index in [1.54, 1.807) is 0 Å². The zero-order chi connectivity index (χ0) is 12.3. The van der Waals surface area contributed by atoms with Gasteiger partial charge < -0.3 is 5.21 Å². The normalized spacial score (nSPS) is 24.1. The van der Waals surface area contributed by atoms with E-state index < -0.39 is 0 Å². The van der Waals surface area contributed by atoms with Crippen LogP contribution >= 0.6 is 11.6 Å². The van der Waals surface area contributed by atoms with Gasteiger partial charge in [0.15, 0.2) is 0 Å². The van der Waals surface area contributed by atoms with E-state index in [0.29, 0.717) is 5.92 Å². The van der Waals surface area contributed by atoms with Gasteiger partial charge in [-0.05, 0) is 11.6 Å². The summed E-state index contributed by atoms with van der Waals surface area (Å²) >= 11 is 6.15. The second-order valence-electron chi connectivity index (χ2n) is 4.57. The molecule has 1 aromatic carbocycles. The fourth-order valence-electron chi connectivity index (χ4n) is 2.26. The first kappa shape index (κ1) is 12.4. The highest BCUT2D eigenvalue weighted by Crippen LogP contribution is 2.20. The molecule has 1 heterocycles. The molecule has 3 nitrogen and oxygen atoms in total. The largest absolute Gasteiger partial charge is 0.411 e. The van der Waals surface area contributed by atoms with Gasteiger partial charge >= 0.3 is 0 Å². The molecule has 1 aliphatic rings. The van der Waals surface area contributed by atoms with Crippen LogP contribution in [-0.2, 0) is 6.54 Å². The van der Waals surface area contributed by atoms with Crippen molar-refractivity contribution in [3.63, 3.8) is 0 Å². The maximum absolute atomic E-state index is 8.83. The number of hydrogen-bond acceptors (Lipinski definition) is 3. The minimum absolute atomic E-state index is 0.316.